The van der Waals surface area contributed by atoms with Crippen molar-refractivity contribution in [3.63, 3.8) is 0 Å². The van der Waals surface area contributed by atoms with Crippen LogP contribution in [0.15, 0.2) is 28.5 Å². The molecule has 0 aliphatic heterocycles. The highest BCUT2D eigenvalue weighted by molar-refractivity contribution is 7.89. The van der Waals surface area contributed by atoms with Gasteiger partial charge in [0.05, 0.1) is 25.8 Å². The maximum absolute atomic E-state index is 12.9. The zero-order valence-corrected chi connectivity index (χ0v) is 18.5. The zero-order chi connectivity index (χ0) is 20.5. The standard InChI is InChI=1S/C18H22N4O3S3/c1-10(2)7-15(17(23)21-18-19-11(3)9-26-18)22-28(24,25)13-5-6-14-16(8-13)27-12(4)20-14/h5-6,8-10,15,22H,7H2,1-4H3,(H,19,21,23). The first-order chi connectivity index (χ1) is 13.1. The highest BCUT2D eigenvalue weighted by Gasteiger charge is 2.27. The molecule has 1 unspecified atom stereocenters. The molecular weight excluding hydrogens is 416 g/mol. The zero-order valence-electron chi connectivity index (χ0n) is 16.0. The summed E-state index contributed by atoms with van der Waals surface area (Å²) in [6.07, 6.45) is 0.372. The minimum Gasteiger partial charge on any atom is -0.301 e. The number of carbonyl (C=O) groups excluding carboxylic acids is 1. The number of rotatable bonds is 7. The molecule has 1 atom stereocenters. The van der Waals surface area contributed by atoms with Crippen molar-refractivity contribution in [3.05, 3.63) is 34.3 Å². The maximum Gasteiger partial charge on any atom is 0.244 e. The summed E-state index contributed by atoms with van der Waals surface area (Å²) >= 11 is 2.74. The number of thiazole rings is 2. The molecule has 1 amide bonds. The van der Waals surface area contributed by atoms with Gasteiger partial charge in [-0.3, -0.25) is 4.79 Å². The Bertz CT molecular complexity index is 1100. The van der Waals surface area contributed by atoms with Crippen LogP contribution in [0.25, 0.3) is 10.2 Å². The van der Waals surface area contributed by atoms with Crippen molar-refractivity contribution in [1.29, 1.82) is 0 Å². The molecule has 150 valence electrons. The van der Waals surface area contributed by atoms with Crippen molar-refractivity contribution in [2.24, 2.45) is 5.92 Å². The number of anilines is 1. The lowest BCUT2D eigenvalue weighted by Gasteiger charge is -2.19. The van der Waals surface area contributed by atoms with Gasteiger partial charge in [0, 0.05) is 5.38 Å². The molecule has 28 heavy (non-hydrogen) atoms. The van der Waals surface area contributed by atoms with E-state index in [1.165, 1.54) is 28.7 Å². The van der Waals surface area contributed by atoms with Crippen molar-refractivity contribution in [1.82, 2.24) is 14.7 Å². The minimum absolute atomic E-state index is 0.121. The SMILES string of the molecule is Cc1csc(NC(=O)C(CC(C)C)NS(=O)(=O)c2ccc3nc(C)sc3c2)n1. The van der Waals surface area contributed by atoms with Gasteiger partial charge < -0.3 is 5.32 Å². The van der Waals surface area contributed by atoms with E-state index in [2.05, 4.69) is 20.0 Å². The van der Waals surface area contributed by atoms with Crippen LogP contribution >= 0.6 is 22.7 Å². The molecule has 2 aromatic heterocycles. The average molecular weight is 439 g/mol. The summed E-state index contributed by atoms with van der Waals surface area (Å²) in [4.78, 5) is 21.4. The molecule has 0 saturated heterocycles. The van der Waals surface area contributed by atoms with E-state index in [0.717, 1.165) is 20.9 Å². The molecule has 10 heteroatoms. The molecule has 1 aromatic carbocycles. The third kappa shape index (κ3) is 4.93. The summed E-state index contributed by atoms with van der Waals surface area (Å²) in [5, 5.41) is 5.86. The molecular formula is C18H22N4O3S3. The van der Waals surface area contributed by atoms with Crippen LogP contribution in [0.4, 0.5) is 5.13 Å². The fourth-order valence-corrected chi connectivity index (χ4v) is 5.59. The number of fused-ring (bicyclic) bond motifs is 1. The normalized spacial score (nSPS) is 13.2. The largest absolute Gasteiger partial charge is 0.301 e. The van der Waals surface area contributed by atoms with Gasteiger partial charge in [0.25, 0.3) is 0 Å². The number of hydrogen-bond acceptors (Lipinski definition) is 7. The third-order valence-electron chi connectivity index (χ3n) is 3.95. The van der Waals surface area contributed by atoms with Crippen molar-refractivity contribution in [3.8, 4) is 0 Å². The van der Waals surface area contributed by atoms with E-state index >= 15 is 0 Å². The van der Waals surface area contributed by atoms with Crippen LogP contribution in [0.3, 0.4) is 0 Å². The van der Waals surface area contributed by atoms with Gasteiger partial charge in [-0.05, 0) is 44.4 Å². The second-order valence-electron chi connectivity index (χ2n) is 6.95. The summed E-state index contributed by atoms with van der Waals surface area (Å²) in [5.41, 5.74) is 1.56. The number of carbonyl (C=O) groups is 1. The lowest BCUT2D eigenvalue weighted by Crippen LogP contribution is -2.44. The molecule has 0 bridgehead atoms. The van der Waals surface area contributed by atoms with Crippen LogP contribution in [0.5, 0.6) is 0 Å². The fourth-order valence-electron chi connectivity index (χ4n) is 2.73. The van der Waals surface area contributed by atoms with Gasteiger partial charge in [-0.2, -0.15) is 4.72 Å². The van der Waals surface area contributed by atoms with E-state index in [9.17, 15) is 13.2 Å². The Hall–Kier alpha value is -1.88. The second kappa shape index (κ2) is 8.24. The molecule has 2 N–H and O–H groups in total. The number of nitrogens with one attached hydrogen (secondary N) is 2. The van der Waals surface area contributed by atoms with E-state index in [0.29, 0.717) is 11.6 Å². The highest BCUT2D eigenvalue weighted by atomic mass is 32.2. The monoisotopic (exact) mass is 438 g/mol. The van der Waals surface area contributed by atoms with Crippen LogP contribution in [0.1, 0.15) is 31.0 Å². The van der Waals surface area contributed by atoms with Gasteiger partial charge in [0.1, 0.15) is 6.04 Å². The van der Waals surface area contributed by atoms with Crippen LogP contribution in [-0.4, -0.2) is 30.3 Å². The average Bonchev–Trinajstić information content (AvgIpc) is 3.17. The number of hydrogen-bond donors (Lipinski definition) is 2. The van der Waals surface area contributed by atoms with Crippen LogP contribution in [0.2, 0.25) is 0 Å². The topological polar surface area (TPSA) is 101 Å². The van der Waals surface area contributed by atoms with Crippen molar-refractivity contribution in [2.75, 3.05) is 5.32 Å². The summed E-state index contributed by atoms with van der Waals surface area (Å²) in [7, 11) is -3.87. The van der Waals surface area contributed by atoms with Crippen molar-refractivity contribution >= 4 is 54.0 Å². The number of amides is 1. The Morgan fingerprint density at radius 3 is 2.61 bits per heavy atom. The van der Waals surface area contributed by atoms with Crippen LogP contribution < -0.4 is 10.0 Å². The van der Waals surface area contributed by atoms with Gasteiger partial charge in [-0.1, -0.05) is 13.8 Å². The van der Waals surface area contributed by atoms with E-state index < -0.39 is 22.0 Å². The first-order valence-electron chi connectivity index (χ1n) is 8.76. The maximum atomic E-state index is 12.9. The molecule has 0 aliphatic carbocycles. The first-order valence-corrected chi connectivity index (χ1v) is 11.9. The van der Waals surface area contributed by atoms with Crippen molar-refractivity contribution < 1.29 is 13.2 Å². The molecule has 0 saturated carbocycles. The molecule has 0 aliphatic rings. The first kappa shape index (κ1) is 20.8. The predicted molar refractivity (Wildman–Crippen MR) is 113 cm³/mol. The number of aromatic nitrogens is 2. The predicted octanol–water partition coefficient (Wildman–Crippen LogP) is 3.70. The molecule has 0 fully saturated rings. The highest BCUT2D eigenvalue weighted by Crippen LogP contribution is 2.25. The number of aryl methyl sites for hydroxylation is 2. The van der Waals surface area contributed by atoms with Crippen LogP contribution in [-0.2, 0) is 14.8 Å². The number of nitrogens with zero attached hydrogens (tertiary/aromatic N) is 2. The number of benzene rings is 1. The van der Waals surface area contributed by atoms with Crippen molar-refractivity contribution in [2.45, 2.75) is 45.1 Å². The Balaban J connectivity index is 1.83. The summed E-state index contributed by atoms with van der Waals surface area (Å²) in [6, 6.07) is 3.89. The molecule has 0 spiro atoms. The molecule has 7 nitrogen and oxygen atoms in total. The lowest BCUT2D eigenvalue weighted by molar-refractivity contribution is -0.118. The molecule has 0 radical (unpaired) electrons. The number of sulfonamides is 1. The minimum atomic E-state index is -3.87. The van der Waals surface area contributed by atoms with Gasteiger partial charge in [0.2, 0.25) is 15.9 Å². The van der Waals surface area contributed by atoms with Gasteiger partial charge in [-0.25, -0.2) is 18.4 Å². The molecule has 2 heterocycles. The van der Waals surface area contributed by atoms with E-state index in [1.807, 2.05) is 33.1 Å². The quantitative estimate of drug-likeness (QED) is 0.586. The summed E-state index contributed by atoms with van der Waals surface area (Å²) in [5.74, 6) is -0.288. The third-order valence-corrected chi connectivity index (χ3v) is 7.23. The van der Waals surface area contributed by atoms with Gasteiger partial charge in [0.15, 0.2) is 5.13 Å². The molecule has 3 rings (SSSR count). The Morgan fingerprint density at radius 2 is 1.96 bits per heavy atom. The van der Waals surface area contributed by atoms with Crippen LogP contribution in [0, 0.1) is 19.8 Å². The Morgan fingerprint density at radius 1 is 1.21 bits per heavy atom. The van der Waals surface area contributed by atoms with E-state index in [4.69, 9.17) is 0 Å². The Kier molecular flexibility index (Phi) is 6.13. The smallest absolute Gasteiger partial charge is 0.244 e. The van der Waals surface area contributed by atoms with Gasteiger partial charge >= 0.3 is 0 Å². The molecule has 3 aromatic rings. The fraction of sp³-hybridized carbons (Fsp3) is 0.389. The van der Waals surface area contributed by atoms with Gasteiger partial charge in [-0.15, -0.1) is 22.7 Å². The Labute approximate surface area is 172 Å². The van der Waals surface area contributed by atoms with E-state index in [-0.39, 0.29) is 10.8 Å². The second-order valence-corrected chi connectivity index (χ2v) is 10.8. The summed E-state index contributed by atoms with van der Waals surface area (Å²) < 4.78 is 29.2. The summed E-state index contributed by atoms with van der Waals surface area (Å²) in [6.45, 7) is 7.58. The lowest BCUT2D eigenvalue weighted by atomic mass is 10.0. The van der Waals surface area contributed by atoms with E-state index in [1.54, 1.807) is 12.1 Å².